The van der Waals surface area contributed by atoms with E-state index < -0.39 is 15.8 Å². The summed E-state index contributed by atoms with van der Waals surface area (Å²) in [5, 5.41) is -0.163. The van der Waals surface area contributed by atoms with Crippen LogP contribution in [0.2, 0.25) is 5.02 Å². The Labute approximate surface area is 127 Å². The number of nitrogen functional groups attached to an aromatic ring is 1. The van der Waals surface area contributed by atoms with E-state index in [1.807, 2.05) is 0 Å². The molecule has 0 amide bonds. The van der Waals surface area contributed by atoms with Gasteiger partial charge >= 0.3 is 0 Å². The molecule has 0 atom stereocenters. The molecule has 0 fully saturated rings. The molecule has 0 spiro atoms. The second-order valence-corrected chi connectivity index (χ2v) is 6.70. The highest BCUT2D eigenvalue weighted by molar-refractivity contribution is 7.93. The van der Waals surface area contributed by atoms with Crippen LogP contribution in [0.15, 0.2) is 35.2 Å². The minimum atomic E-state index is -3.88. The normalized spacial score (nSPS) is 11.4. The van der Waals surface area contributed by atoms with Gasteiger partial charge < -0.3 is 5.73 Å². The van der Waals surface area contributed by atoms with Crippen LogP contribution in [-0.4, -0.2) is 8.42 Å². The molecule has 2 aromatic rings. The molecule has 0 aliphatic heterocycles. The number of hydrogen-bond donors (Lipinski definition) is 2. The van der Waals surface area contributed by atoms with E-state index in [4.69, 9.17) is 17.3 Å². The fourth-order valence-corrected chi connectivity index (χ4v) is 3.59. The minimum Gasteiger partial charge on any atom is -0.397 e. The lowest BCUT2D eigenvalue weighted by atomic mass is 10.1. The van der Waals surface area contributed by atoms with Crippen LogP contribution in [0.25, 0.3) is 0 Å². The first-order valence-corrected chi connectivity index (χ1v) is 7.92. The summed E-state index contributed by atoms with van der Waals surface area (Å²) in [7, 11) is -3.88. The predicted molar refractivity (Wildman–Crippen MR) is 82.5 cm³/mol. The number of nitrogens with two attached hydrogens (primary N) is 1. The second-order valence-electron chi connectivity index (χ2n) is 4.68. The maximum absolute atomic E-state index is 13.1. The van der Waals surface area contributed by atoms with Gasteiger partial charge in [0.2, 0.25) is 0 Å². The molecule has 0 heterocycles. The minimum absolute atomic E-state index is 0.0166. The van der Waals surface area contributed by atoms with Crippen molar-refractivity contribution in [3.8, 4) is 0 Å². The predicted octanol–water partition coefficient (Wildman–Crippen LogP) is 3.48. The molecule has 0 radical (unpaired) electrons. The zero-order valence-electron chi connectivity index (χ0n) is 11.4. The molecule has 3 N–H and O–H groups in total. The zero-order valence-corrected chi connectivity index (χ0v) is 13.0. The van der Waals surface area contributed by atoms with Crippen LogP contribution in [0.1, 0.15) is 11.1 Å². The van der Waals surface area contributed by atoms with Crippen molar-refractivity contribution in [3.05, 3.63) is 52.3 Å². The van der Waals surface area contributed by atoms with E-state index in [-0.39, 0.29) is 21.3 Å². The van der Waals surface area contributed by atoms with Gasteiger partial charge in [0, 0.05) is 0 Å². The standard InChI is InChI=1S/C14H14ClFN2O2S/c1-8-3-4-9(2)14(13(8)17)21(19,20)18-10-5-6-12(16)11(15)7-10/h3-7,18H,17H2,1-2H3. The first-order valence-electron chi connectivity index (χ1n) is 6.06. The van der Waals surface area contributed by atoms with Crippen LogP contribution < -0.4 is 10.5 Å². The highest BCUT2D eigenvalue weighted by Gasteiger charge is 2.21. The number of aryl methyl sites for hydroxylation is 2. The smallest absolute Gasteiger partial charge is 0.264 e. The first kappa shape index (κ1) is 15.6. The van der Waals surface area contributed by atoms with Crippen molar-refractivity contribution in [1.82, 2.24) is 0 Å². The van der Waals surface area contributed by atoms with Crippen LogP contribution in [0.3, 0.4) is 0 Å². The van der Waals surface area contributed by atoms with E-state index in [2.05, 4.69) is 4.72 Å². The second kappa shape index (κ2) is 5.54. The number of sulfonamides is 1. The van der Waals surface area contributed by atoms with Gasteiger partial charge in [-0.15, -0.1) is 0 Å². The molecule has 0 bridgehead atoms. The molecule has 0 aliphatic rings. The van der Waals surface area contributed by atoms with Gasteiger partial charge in [-0.2, -0.15) is 0 Å². The van der Waals surface area contributed by atoms with Gasteiger partial charge in [0.1, 0.15) is 10.7 Å². The Morgan fingerprint density at radius 1 is 1.14 bits per heavy atom. The molecular formula is C14H14ClFN2O2S. The molecule has 112 valence electrons. The lowest BCUT2D eigenvalue weighted by molar-refractivity contribution is 0.600. The third-order valence-electron chi connectivity index (χ3n) is 3.05. The topological polar surface area (TPSA) is 72.2 Å². The largest absolute Gasteiger partial charge is 0.397 e. The van der Waals surface area contributed by atoms with Crippen LogP contribution in [0.5, 0.6) is 0 Å². The molecule has 2 rings (SSSR count). The number of anilines is 2. The Kier molecular flexibility index (Phi) is 4.11. The van der Waals surface area contributed by atoms with Crippen molar-refractivity contribution in [2.75, 3.05) is 10.5 Å². The van der Waals surface area contributed by atoms with Gasteiger partial charge in [-0.3, -0.25) is 4.72 Å². The van der Waals surface area contributed by atoms with E-state index in [1.54, 1.807) is 26.0 Å². The van der Waals surface area contributed by atoms with Crippen molar-refractivity contribution in [2.45, 2.75) is 18.7 Å². The fourth-order valence-electron chi connectivity index (χ4n) is 1.93. The monoisotopic (exact) mass is 328 g/mol. The number of benzene rings is 2. The number of halogens is 2. The maximum Gasteiger partial charge on any atom is 0.264 e. The molecule has 0 aliphatic carbocycles. The number of rotatable bonds is 3. The molecule has 0 unspecified atom stereocenters. The third-order valence-corrected chi connectivity index (χ3v) is 4.92. The summed E-state index contributed by atoms with van der Waals surface area (Å²) in [6.07, 6.45) is 0. The Hall–Kier alpha value is -1.79. The quantitative estimate of drug-likeness (QED) is 0.847. The summed E-state index contributed by atoms with van der Waals surface area (Å²) >= 11 is 5.64. The average molecular weight is 329 g/mol. The lowest BCUT2D eigenvalue weighted by Crippen LogP contribution is -2.17. The van der Waals surface area contributed by atoms with Crippen molar-refractivity contribution in [3.63, 3.8) is 0 Å². The SMILES string of the molecule is Cc1ccc(C)c(S(=O)(=O)Nc2ccc(F)c(Cl)c2)c1N. The molecule has 21 heavy (non-hydrogen) atoms. The Morgan fingerprint density at radius 3 is 2.38 bits per heavy atom. The van der Waals surface area contributed by atoms with Gasteiger partial charge in [0.15, 0.2) is 0 Å². The lowest BCUT2D eigenvalue weighted by Gasteiger charge is -2.14. The number of nitrogens with one attached hydrogen (secondary N) is 1. The zero-order chi connectivity index (χ0) is 15.8. The van der Waals surface area contributed by atoms with Crippen molar-refractivity contribution >= 4 is 33.0 Å². The number of hydrogen-bond acceptors (Lipinski definition) is 3. The Morgan fingerprint density at radius 2 is 1.76 bits per heavy atom. The van der Waals surface area contributed by atoms with Crippen LogP contribution in [0.4, 0.5) is 15.8 Å². The summed E-state index contributed by atoms with van der Waals surface area (Å²) in [6, 6.07) is 7.01. The molecule has 0 aromatic heterocycles. The van der Waals surface area contributed by atoms with Gasteiger partial charge in [-0.05, 0) is 43.2 Å². The first-order chi connectivity index (χ1) is 9.72. The third kappa shape index (κ3) is 3.11. The van der Waals surface area contributed by atoms with Gasteiger partial charge in [-0.1, -0.05) is 23.7 Å². The molecule has 0 saturated heterocycles. The highest BCUT2D eigenvalue weighted by Crippen LogP contribution is 2.28. The van der Waals surface area contributed by atoms with Crippen LogP contribution >= 0.6 is 11.6 Å². The van der Waals surface area contributed by atoms with Crippen molar-refractivity contribution < 1.29 is 12.8 Å². The molecule has 2 aromatic carbocycles. The summed E-state index contributed by atoms with van der Waals surface area (Å²) in [4.78, 5) is 0.0166. The van der Waals surface area contributed by atoms with E-state index in [1.165, 1.54) is 12.1 Å². The summed E-state index contributed by atoms with van der Waals surface area (Å²) in [6.45, 7) is 3.38. The highest BCUT2D eigenvalue weighted by atomic mass is 35.5. The summed E-state index contributed by atoms with van der Waals surface area (Å²) < 4.78 is 40.4. The van der Waals surface area contributed by atoms with Gasteiger partial charge in [-0.25, -0.2) is 12.8 Å². The molecular weight excluding hydrogens is 315 g/mol. The van der Waals surface area contributed by atoms with E-state index >= 15 is 0 Å². The van der Waals surface area contributed by atoms with Crippen LogP contribution in [-0.2, 0) is 10.0 Å². The van der Waals surface area contributed by atoms with E-state index in [9.17, 15) is 12.8 Å². The van der Waals surface area contributed by atoms with Crippen molar-refractivity contribution in [2.24, 2.45) is 0 Å². The Balaban J connectivity index is 2.48. The fraction of sp³-hybridized carbons (Fsp3) is 0.143. The van der Waals surface area contributed by atoms with E-state index in [0.29, 0.717) is 11.1 Å². The van der Waals surface area contributed by atoms with Gasteiger partial charge in [0.25, 0.3) is 10.0 Å². The maximum atomic E-state index is 13.1. The summed E-state index contributed by atoms with van der Waals surface area (Å²) in [5.41, 5.74) is 7.42. The summed E-state index contributed by atoms with van der Waals surface area (Å²) in [5.74, 6) is -0.620. The molecule has 0 saturated carbocycles. The van der Waals surface area contributed by atoms with Crippen LogP contribution in [0, 0.1) is 19.7 Å². The van der Waals surface area contributed by atoms with Gasteiger partial charge in [0.05, 0.1) is 16.4 Å². The molecule has 7 heteroatoms. The van der Waals surface area contributed by atoms with E-state index in [0.717, 1.165) is 6.07 Å². The molecule has 4 nitrogen and oxygen atoms in total. The average Bonchev–Trinajstić information content (AvgIpc) is 2.38. The Bertz CT molecular complexity index is 807. The van der Waals surface area contributed by atoms with Crippen molar-refractivity contribution in [1.29, 1.82) is 0 Å².